The molecule has 8 heteroatoms. The lowest BCUT2D eigenvalue weighted by Gasteiger charge is -2.08. The summed E-state index contributed by atoms with van der Waals surface area (Å²) < 4.78 is 12.9. The molecule has 7 nitrogen and oxygen atoms in total. The van der Waals surface area contributed by atoms with Gasteiger partial charge in [0.15, 0.2) is 0 Å². The minimum Gasteiger partial charge on any atom is -0.326 e. The first-order valence-corrected chi connectivity index (χ1v) is 8.51. The monoisotopic (exact) mass is 380 g/mol. The van der Waals surface area contributed by atoms with E-state index in [2.05, 4.69) is 20.8 Å². The Balaban J connectivity index is 1.54. The van der Waals surface area contributed by atoms with Crippen LogP contribution < -0.4 is 16.2 Å². The Morgan fingerprint density at radius 1 is 0.893 bits per heavy atom. The Hall–Kier alpha value is -3.81. The number of H-pyrrole nitrogens is 1. The number of halogens is 1. The van der Waals surface area contributed by atoms with Gasteiger partial charge in [-0.25, -0.2) is 9.49 Å². The SMILES string of the molecule is O=C(CCC(=O)Nc1cccc(-c2ccc(=O)[nH]n2)c1)Nc1ccc(F)cc1. The summed E-state index contributed by atoms with van der Waals surface area (Å²) in [6.45, 7) is 0. The molecular formula is C20H17FN4O3. The van der Waals surface area contributed by atoms with Crippen molar-refractivity contribution in [3.8, 4) is 11.3 Å². The number of carbonyl (C=O) groups is 2. The normalized spacial score (nSPS) is 10.3. The van der Waals surface area contributed by atoms with Gasteiger partial charge in [-0.3, -0.25) is 14.4 Å². The van der Waals surface area contributed by atoms with E-state index in [0.29, 0.717) is 17.1 Å². The van der Waals surface area contributed by atoms with Crippen molar-refractivity contribution < 1.29 is 14.0 Å². The van der Waals surface area contributed by atoms with Crippen molar-refractivity contribution in [3.63, 3.8) is 0 Å². The third-order valence-corrected chi connectivity index (χ3v) is 3.83. The van der Waals surface area contributed by atoms with Crippen LogP contribution in [0.2, 0.25) is 0 Å². The van der Waals surface area contributed by atoms with E-state index in [0.717, 1.165) is 5.56 Å². The zero-order valence-electron chi connectivity index (χ0n) is 14.7. The van der Waals surface area contributed by atoms with Gasteiger partial charge in [0, 0.05) is 35.8 Å². The number of aromatic amines is 1. The van der Waals surface area contributed by atoms with Crippen molar-refractivity contribution in [2.75, 3.05) is 10.6 Å². The molecule has 0 saturated carbocycles. The number of benzene rings is 2. The van der Waals surface area contributed by atoms with E-state index in [4.69, 9.17) is 0 Å². The quantitative estimate of drug-likeness (QED) is 0.612. The van der Waals surface area contributed by atoms with Crippen molar-refractivity contribution in [1.82, 2.24) is 10.2 Å². The summed E-state index contributed by atoms with van der Waals surface area (Å²) in [6.07, 6.45) is -0.0153. The lowest BCUT2D eigenvalue weighted by molar-refractivity contribution is -0.121. The van der Waals surface area contributed by atoms with Crippen molar-refractivity contribution in [2.24, 2.45) is 0 Å². The molecule has 142 valence electrons. The molecular weight excluding hydrogens is 363 g/mol. The second kappa shape index (κ2) is 8.72. The largest absolute Gasteiger partial charge is 0.326 e. The van der Waals surface area contributed by atoms with Crippen molar-refractivity contribution >= 4 is 23.2 Å². The molecule has 0 radical (unpaired) electrons. The molecule has 0 unspecified atom stereocenters. The lowest BCUT2D eigenvalue weighted by Crippen LogP contribution is -2.17. The summed E-state index contributed by atoms with van der Waals surface area (Å²) in [5.41, 5.74) is 2.01. The van der Waals surface area contributed by atoms with Crippen LogP contribution in [-0.4, -0.2) is 22.0 Å². The fourth-order valence-corrected chi connectivity index (χ4v) is 2.47. The highest BCUT2D eigenvalue weighted by Gasteiger charge is 2.09. The zero-order chi connectivity index (χ0) is 19.9. The fraction of sp³-hybridized carbons (Fsp3) is 0.100. The molecule has 0 atom stereocenters. The first-order chi connectivity index (χ1) is 13.5. The summed E-state index contributed by atoms with van der Waals surface area (Å²) in [5.74, 6) is -1.05. The second-order valence-corrected chi connectivity index (χ2v) is 5.99. The molecule has 2 aromatic carbocycles. The average Bonchev–Trinajstić information content (AvgIpc) is 2.69. The van der Waals surface area contributed by atoms with Gasteiger partial charge in [-0.05, 0) is 42.5 Å². The number of amides is 2. The van der Waals surface area contributed by atoms with Crippen LogP contribution >= 0.6 is 0 Å². The van der Waals surface area contributed by atoms with Crippen LogP contribution in [0.3, 0.4) is 0 Å². The number of aromatic nitrogens is 2. The summed E-state index contributed by atoms with van der Waals surface area (Å²) >= 11 is 0. The molecule has 0 aliphatic rings. The number of rotatable bonds is 6. The predicted octanol–water partition coefficient (Wildman–Crippen LogP) is 2.93. The number of nitrogens with zero attached hydrogens (tertiary/aromatic N) is 1. The van der Waals surface area contributed by atoms with Gasteiger partial charge in [0.05, 0.1) is 5.69 Å². The predicted molar refractivity (Wildman–Crippen MR) is 103 cm³/mol. The van der Waals surface area contributed by atoms with E-state index in [9.17, 15) is 18.8 Å². The number of carbonyl (C=O) groups excluding carboxylic acids is 2. The molecule has 0 bridgehead atoms. The van der Waals surface area contributed by atoms with Crippen LogP contribution in [0.4, 0.5) is 15.8 Å². The zero-order valence-corrected chi connectivity index (χ0v) is 14.7. The van der Waals surface area contributed by atoms with Crippen LogP contribution in [0.15, 0.2) is 65.5 Å². The third kappa shape index (κ3) is 5.34. The van der Waals surface area contributed by atoms with Crippen molar-refractivity contribution in [1.29, 1.82) is 0 Å². The summed E-state index contributed by atoms with van der Waals surface area (Å²) in [4.78, 5) is 35.1. The van der Waals surface area contributed by atoms with Gasteiger partial charge in [0.25, 0.3) is 5.56 Å². The summed E-state index contributed by atoms with van der Waals surface area (Å²) in [6, 6.07) is 15.3. The Morgan fingerprint density at radius 2 is 1.57 bits per heavy atom. The highest BCUT2D eigenvalue weighted by Crippen LogP contribution is 2.20. The van der Waals surface area contributed by atoms with E-state index < -0.39 is 5.82 Å². The van der Waals surface area contributed by atoms with Gasteiger partial charge in [-0.1, -0.05) is 12.1 Å². The van der Waals surface area contributed by atoms with E-state index in [1.165, 1.54) is 30.3 Å². The molecule has 0 aliphatic heterocycles. The summed E-state index contributed by atoms with van der Waals surface area (Å²) in [5, 5.41) is 11.6. The molecule has 1 aromatic heterocycles. The van der Waals surface area contributed by atoms with Gasteiger partial charge < -0.3 is 10.6 Å². The molecule has 0 saturated heterocycles. The van der Waals surface area contributed by atoms with Gasteiger partial charge in [0.2, 0.25) is 11.8 Å². The fourth-order valence-electron chi connectivity index (χ4n) is 2.47. The number of nitrogens with one attached hydrogen (secondary N) is 3. The molecule has 3 aromatic rings. The molecule has 28 heavy (non-hydrogen) atoms. The highest BCUT2D eigenvalue weighted by molar-refractivity contribution is 5.97. The first-order valence-electron chi connectivity index (χ1n) is 8.51. The third-order valence-electron chi connectivity index (χ3n) is 3.83. The number of hydrogen-bond donors (Lipinski definition) is 3. The van der Waals surface area contributed by atoms with Crippen LogP contribution in [0.25, 0.3) is 11.3 Å². The van der Waals surface area contributed by atoms with Crippen molar-refractivity contribution in [3.05, 3.63) is 76.8 Å². The average molecular weight is 380 g/mol. The minimum absolute atomic E-state index is 0.00579. The maximum Gasteiger partial charge on any atom is 0.264 e. The van der Waals surface area contributed by atoms with E-state index >= 15 is 0 Å². The molecule has 3 rings (SSSR count). The topological polar surface area (TPSA) is 104 Å². The molecule has 0 spiro atoms. The van der Waals surface area contributed by atoms with Crippen LogP contribution in [0.1, 0.15) is 12.8 Å². The molecule has 3 N–H and O–H groups in total. The van der Waals surface area contributed by atoms with Crippen LogP contribution in [-0.2, 0) is 9.59 Å². The Bertz CT molecular complexity index is 1030. The maximum absolute atomic E-state index is 12.9. The highest BCUT2D eigenvalue weighted by atomic mass is 19.1. The van der Waals surface area contributed by atoms with E-state index in [1.807, 2.05) is 0 Å². The second-order valence-electron chi connectivity index (χ2n) is 5.99. The molecule has 2 amide bonds. The first kappa shape index (κ1) is 19.0. The van der Waals surface area contributed by atoms with Gasteiger partial charge in [-0.15, -0.1) is 0 Å². The lowest BCUT2D eigenvalue weighted by atomic mass is 10.1. The molecule has 1 heterocycles. The Morgan fingerprint density at radius 3 is 2.21 bits per heavy atom. The summed E-state index contributed by atoms with van der Waals surface area (Å²) in [7, 11) is 0. The maximum atomic E-state index is 12.9. The van der Waals surface area contributed by atoms with Gasteiger partial charge in [-0.2, -0.15) is 5.10 Å². The van der Waals surface area contributed by atoms with E-state index in [-0.39, 0.29) is 30.2 Å². The molecule has 0 aliphatic carbocycles. The van der Waals surface area contributed by atoms with E-state index in [1.54, 1.807) is 30.3 Å². The Kier molecular flexibility index (Phi) is 5.91. The van der Waals surface area contributed by atoms with Crippen LogP contribution in [0, 0.1) is 5.82 Å². The number of hydrogen-bond acceptors (Lipinski definition) is 4. The molecule has 0 fully saturated rings. The van der Waals surface area contributed by atoms with Crippen LogP contribution in [0.5, 0.6) is 0 Å². The smallest absolute Gasteiger partial charge is 0.264 e. The number of anilines is 2. The minimum atomic E-state index is -0.392. The Labute approximate surface area is 159 Å². The van der Waals surface area contributed by atoms with Gasteiger partial charge >= 0.3 is 0 Å². The van der Waals surface area contributed by atoms with Gasteiger partial charge in [0.1, 0.15) is 5.82 Å². The standard InChI is InChI=1S/C20H17FN4O3/c21-14-4-6-15(7-5-14)22-18(26)10-11-19(27)23-16-3-1-2-13(12-16)17-8-9-20(28)25-24-17/h1-9,12H,10-11H2,(H,22,26)(H,23,27)(H,25,28). The van der Waals surface area contributed by atoms with Crippen molar-refractivity contribution in [2.45, 2.75) is 12.8 Å².